The van der Waals surface area contributed by atoms with Crippen LogP contribution in [0, 0.1) is 0 Å². The Labute approximate surface area is 113 Å². The van der Waals surface area contributed by atoms with Gasteiger partial charge in [-0.3, -0.25) is 0 Å². The highest BCUT2D eigenvalue weighted by atomic mass is 16.6. The molecule has 0 fully saturated rings. The van der Waals surface area contributed by atoms with E-state index < -0.39 is 6.10 Å². The molecule has 4 heteroatoms. The molecule has 2 rings (SSSR count). The van der Waals surface area contributed by atoms with Crippen LogP contribution in [0.15, 0.2) is 35.3 Å². The van der Waals surface area contributed by atoms with E-state index in [4.69, 9.17) is 9.47 Å². The van der Waals surface area contributed by atoms with Crippen LogP contribution >= 0.6 is 0 Å². The number of ether oxygens (including phenoxy) is 2. The first kappa shape index (κ1) is 13.6. The number of benzene rings is 1. The zero-order valence-corrected chi connectivity index (χ0v) is 11.3. The average Bonchev–Trinajstić information content (AvgIpc) is 2.85. The topological polar surface area (TPSA) is 47.9 Å². The number of carbonyl (C=O) groups is 1. The van der Waals surface area contributed by atoms with Crippen LogP contribution < -0.4 is 0 Å². The Balaban J connectivity index is 2.16. The van der Waals surface area contributed by atoms with Gasteiger partial charge in [-0.2, -0.15) is 0 Å². The molecule has 1 aromatic rings. The number of esters is 1. The van der Waals surface area contributed by atoms with E-state index in [0.717, 1.165) is 18.4 Å². The summed E-state index contributed by atoms with van der Waals surface area (Å²) in [5.41, 5.74) is 0.899. The molecule has 4 nitrogen and oxygen atoms in total. The van der Waals surface area contributed by atoms with E-state index in [1.807, 2.05) is 30.3 Å². The predicted molar refractivity (Wildman–Crippen MR) is 73.2 cm³/mol. The molecule has 0 radical (unpaired) electrons. The van der Waals surface area contributed by atoms with E-state index in [1.54, 1.807) is 6.92 Å². The summed E-state index contributed by atoms with van der Waals surface area (Å²) in [4.78, 5) is 16.4. The van der Waals surface area contributed by atoms with Gasteiger partial charge in [-0.15, -0.1) is 0 Å². The molecule has 0 aliphatic carbocycles. The maximum atomic E-state index is 11.9. The Morgan fingerprint density at radius 2 is 2.05 bits per heavy atom. The van der Waals surface area contributed by atoms with Crippen molar-refractivity contribution in [3.63, 3.8) is 0 Å². The largest absolute Gasteiger partial charge is 0.463 e. The van der Waals surface area contributed by atoms with Crippen molar-refractivity contribution >= 4 is 11.9 Å². The molecule has 1 aliphatic rings. The van der Waals surface area contributed by atoms with Gasteiger partial charge in [0.15, 0.2) is 0 Å². The van der Waals surface area contributed by atoms with Gasteiger partial charge in [0.2, 0.25) is 12.0 Å². The molecule has 1 heterocycles. The van der Waals surface area contributed by atoms with Gasteiger partial charge in [0.25, 0.3) is 0 Å². The summed E-state index contributed by atoms with van der Waals surface area (Å²) >= 11 is 0. The second-order valence-corrected chi connectivity index (χ2v) is 4.45. The van der Waals surface area contributed by atoms with Crippen molar-refractivity contribution in [1.82, 2.24) is 0 Å². The number of nitrogens with zero attached hydrogens (tertiary/aromatic N) is 1. The molecule has 19 heavy (non-hydrogen) atoms. The van der Waals surface area contributed by atoms with Crippen molar-refractivity contribution in [1.29, 1.82) is 0 Å². The normalized spacial score (nSPS) is 21.7. The highest BCUT2D eigenvalue weighted by molar-refractivity contribution is 5.97. The first-order valence-corrected chi connectivity index (χ1v) is 6.72. The molecule has 2 atom stereocenters. The maximum Gasteiger partial charge on any atom is 0.349 e. The molecule has 2 unspecified atom stereocenters. The zero-order valence-electron chi connectivity index (χ0n) is 11.3. The van der Waals surface area contributed by atoms with Gasteiger partial charge in [-0.1, -0.05) is 31.5 Å². The van der Waals surface area contributed by atoms with E-state index >= 15 is 0 Å². The fourth-order valence-corrected chi connectivity index (χ4v) is 2.11. The second-order valence-electron chi connectivity index (χ2n) is 4.45. The third-order valence-corrected chi connectivity index (χ3v) is 3.00. The molecule has 0 N–H and O–H groups in total. The van der Waals surface area contributed by atoms with E-state index in [0.29, 0.717) is 12.5 Å². The summed E-state index contributed by atoms with van der Waals surface area (Å²) in [5.74, 6) is 0.215. The Hall–Kier alpha value is -1.84. The molecule has 0 saturated carbocycles. The smallest absolute Gasteiger partial charge is 0.349 e. The van der Waals surface area contributed by atoms with Crippen LogP contribution in [0.1, 0.15) is 32.3 Å². The lowest BCUT2D eigenvalue weighted by molar-refractivity contribution is -0.152. The highest BCUT2D eigenvalue weighted by Crippen LogP contribution is 2.22. The zero-order chi connectivity index (χ0) is 13.7. The number of hydrogen-bond acceptors (Lipinski definition) is 4. The van der Waals surface area contributed by atoms with Gasteiger partial charge in [-0.25, -0.2) is 9.79 Å². The average molecular weight is 261 g/mol. The number of rotatable bonds is 5. The minimum Gasteiger partial charge on any atom is -0.463 e. The van der Waals surface area contributed by atoms with Crippen molar-refractivity contribution in [3.05, 3.63) is 35.9 Å². The summed E-state index contributed by atoms with van der Waals surface area (Å²) in [6.45, 7) is 4.22. The fraction of sp³-hybridized carbons (Fsp3) is 0.467. The van der Waals surface area contributed by atoms with Crippen molar-refractivity contribution in [2.24, 2.45) is 4.99 Å². The SMILES string of the molecule is CCCC1N=C(c2ccccc2)OC1C(=O)OCC. The Morgan fingerprint density at radius 3 is 2.68 bits per heavy atom. The van der Waals surface area contributed by atoms with Crippen LogP contribution in [-0.2, 0) is 14.3 Å². The van der Waals surface area contributed by atoms with Crippen molar-refractivity contribution in [2.75, 3.05) is 6.61 Å². The van der Waals surface area contributed by atoms with Gasteiger partial charge in [0.1, 0.15) is 6.04 Å². The van der Waals surface area contributed by atoms with E-state index in [-0.39, 0.29) is 12.0 Å². The standard InChI is InChI=1S/C15H19NO3/c1-3-8-12-13(15(17)18-4-2)19-14(16-12)11-9-6-5-7-10-11/h5-7,9-10,12-13H,3-4,8H2,1-2H3. The number of hydrogen-bond donors (Lipinski definition) is 0. The molecule has 0 saturated heterocycles. The molecule has 0 spiro atoms. The molecule has 102 valence electrons. The molecule has 0 bridgehead atoms. The summed E-state index contributed by atoms with van der Waals surface area (Å²) in [6.07, 6.45) is 1.17. The van der Waals surface area contributed by atoms with Crippen LogP contribution in [0.3, 0.4) is 0 Å². The quantitative estimate of drug-likeness (QED) is 0.765. The van der Waals surface area contributed by atoms with Crippen LogP contribution in [-0.4, -0.2) is 30.6 Å². The summed E-state index contributed by atoms with van der Waals surface area (Å²) in [7, 11) is 0. The third kappa shape index (κ3) is 3.13. The van der Waals surface area contributed by atoms with E-state index in [2.05, 4.69) is 11.9 Å². The molecule has 0 amide bonds. The minimum atomic E-state index is -0.602. The lowest BCUT2D eigenvalue weighted by atomic mass is 10.1. The molecular weight excluding hydrogens is 242 g/mol. The number of aliphatic imine (C=N–C) groups is 1. The van der Waals surface area contributed by atoms with Crippen molar-refractivity contribution in [3.8, 4) is 0 Å². The Morgan fingerprint density at radius 1 is 1.32 bits per heavy atom. The molecule has 1 aromatic carbocycles. The van der Waals surface area contributed by atoms with Gasteiger partial charge in [0, 0.05) is 5.56 Å². The van der Waals surface area contributed by atoms with Gasteiger partial charge < -0.3 is 9.47 Å². The van der Waals surface area contributed by atoms with Gasteiger partial charge in [0.05, 0.1) is 6.61 Å². The van der Waals surface area contributed by atoms with Crippen LogP contribution in [0.2, 0.25) is 0 Å². The molecule has 0 aromatic heterocycles. The van der Waals surface area contributed by atoms with Crippen molar-refractivity contribution < 1.29 is 14.3 Å². The predicted octanol–water partition coefficient (Wildman–Crippen LogP) is 2.56. The second kappa shape index (κ2) is 6.36. The summed E-state index contributed by atoms with van der Waals surface area (Å²) in [5, 5.41) is 0. The minimum absolute atomic E-state index is 0.140. The Bertz CT molecular complexity index is 456. The molecule has 1 aliphatic heterocycles. The van der Waals surface area contributed by atoms with Crippen LogP contribution in [0.25, 0.3) is 0 Å². The van der Waals surface area contributed by atoms with Crippen molar-refractivity contribution in [2.45, 2.75) is 38.8 Å². The molecular formula is C15H19NO3. The van der Waals surface area contributed by atoms with Crippen LogP contribution in [0.5, 0.6) is 0 Å². The lowest BCUT2D eigenvalue weighted by Crippen LogP contribution is -2.33. The maximum absolute atomic E-state index is 11.9. The highest BCUT2D eigenvalue weighted by Gasteiger charge is 2.37. The first-order chi connectivity index (χ1) is 9.26. The monoisotopic (exact) mass is 261 g/mol. The number of carbonyl (C=O) groups excluding carboxylic acids is 1. The first-order valence-electron chi connectivity index (χ1n) is 6.72. The van der Waals surface area contributed by atoms with Crippen LogP contribution in [0.4, 0.5) is 0 Å². The van der Waals surface area contributed by atoms with Gasteiger partial charge >= 0.3 is 5.97 Å². The Kier molecular flexibility index (Phi) is 4.55. The van der Waals surface area contributed by atoms with E-state index in [9.17, 15) is 4.79 Å². The summed E-state index contributed by atoms with van der Waals surface area (Å²) < 4.78 is 10.8. The third-order valence-electron chi connectivity index (χ3n) is 3.00. The summed E-state index contributed by atoms with van der Waals surface area (Å²) in [6, 6.07) is 9.50. The lowest BCUT2D eigenvalue weighted by Gasteiger charge is -2.15. The fourth-order valence-electron chi connectivity index (χ4n) is 2.11. The van der Waals surface area contributed by atoms with E-state index in [1.165, 1.54) is 0 Å². The van der Waals surface area contributed by atoms with Gasteiger partial charge in [-0.05, 0) is 25.5 Å².